The Morgan fingerprint density at radius 1 is 1.58 bits per heavy atom. The van der Waals surface area contributed by atoms with Crippen molar-refractivity contribution in [3.63, 3.8) is 0 Å². The maximum Gasteiger partial charge on any atom is 0.245 e. The zero-order chi connectivity index (χ0) is 14.0. The van der Waals surface area contributed by atoms with Crippen molar-refractivity contribution in [1.82, 2.24) is 9.29 Å². The molecule has 1 saturated heterocycles. The van der Waals surface area contributed by atoms with E-state index in [1.807, 2.05) is 6.92 Å². The number of aromatic nitrogens is 1. The second kappa shape index (κ2) is 5.54. The van der Waals surface area contributed by atoms with E-state index < -0.39 is 10.0 Å². The minimum Gasteiger partial charge on any atom is -0.395 e. The standard InChI is InChI=1S/C12H19N3O3S/c1-9-4-6-15(11(9)8-16)19(17,18)12-3-2-5-14-10(12)7-13/h2-3,5,9,11,16H,4,6-8,13H2,1H3. The lowest BCUT2D eigenvalue weighted by Crippen LogP contribution is -2.40. The largest absolute Gasteiger partial charge is 0.395 e. The van der Waals surface area contributed by atoms with Crippen LogP contribution in [0.25, 0.3) is 0 Å². The lowest BCUT2D eigenvalue weighted by molar-refractivity contribution is 0.191. The maximum atomic E-state index is 12.6. The van der Waals surface area contributed by atoms with Crippen LogP contribution in [-0.2, 0) is 16.6 Å². The highest BCUT2D eigenvalue weighted by Gasteiger charge is 2.39. The van der Waals surface area contributed by atoms with Crippen LogP contribution in [0.3, 0.4) is 0 Å². The highest BCUT2D eigenvalue weighted by Crippen LogP contribution is 2.30. The van der Waals surface area contributed by atoms with E-state index in [1.54, 1.807) is 6.07 Å². The molecule has 2 unspecified atom stereocenters. The quantitative estimate of drug-likeness (QED) is 0.807. The van der Waals surface area contributed by atoms with E-state index in [9.17, 15) is 13.5 Å². The summed E-state index contributed by atoms with van der Waals surface area (Å²) in [6.07, 6.45) is 2.28. The molecule has 1 aromatic rings. The van der Waals surface area contributed by atoms with Gasteiger partial charge < -0.3 is 10.8 Å². The van der Waals surface area contributed by atoms with Gasteiger partial charge in [-0.1, -0.05) is 6.92 Å². The molecule has 7 heteroatoms. The van der Waals surface area contributed by atoms with Gasteiger partial charge in [-0.25, -0.2) is 8.42 Å². The number of aliphatic hydroxyl groups excluding tert-OH is 1. The molecule has 6 nitrogen and oxygen atoms in total. The van der Waals surface area contributed by atoms with Gasteiger partial charge in [0, 0.05) is 19.3 Å². The molecule has 1 aliphatic heterocycles. The Morgan fingerprint density at radius 3 is 2.95 bits per heavy atom. The molecule has 3 N–H and O–H groups in total. The summed E-state index contributed by atoms with van der Waals surface area (Å²) in [5.41, 5.74) is 5.91. The van der Waals surface area contributed by atoms with Crippen molar-refractivity contribution in [2.45, 2.75) is 30.8 Å². The van der Waals surface area contributed by atoms with Crippen molar-refractivity contribution < 1.29 is 13.5 Å². The Bertz CT molecular complexity index is 547. The van der Waals surface area contributed by atoms with Crippen molar-refractivity contribution in [3.8, 4) is 0 Å². The second-order valence-electron chi connectivity index (χ2n) is 4.78. The summed E-state index contributed by atoms with van der Waals surface area (Å²) in [7, 11) is -3.64. The normalized spacial score (nSPS) is 24.8. The molecule has 19 heavy (non-hydrogen) atoms. The minimum atomic E-state index is -3.64. The molecule has 0 radical (unpaired) electrons. The van der Waals surface area contributed by atoms with Gasteiger partial charge in [0.1, 0.15) is 4.90 Å². The molecule has 2 heterocycles. The van der Waals surface area contributed by atoms with E-state index in [0.29, 0.717) is 12.2 Å². The molecular weight excluding hydrogens is 266 g/mol. The highest BCUT2D eigenvalue weighted by molar-refractivity contribution is 7.89. The maximum absolute atomic E-state index is 12.6. The summed E-state index contributed by atoms with van der Waals surface area (Å²) in [4.78, 5) is 4.15. The van der Waals surface area contributed by atoms with Gasteiger partial charge in [-0.3, -0.25) is 4.98 Å². The van der Waals surface area contributed by atoms with Crippen LogP contribution >= 0.6 is 0 Å². The van der Waals surface area contributed by atoms with Gasteiger partial charge in [0.15, 0.2) is 0 Å². The van der Waals surface area contributed by atoms with Crippen LogP contribution in [0.5, 0.6) is 0 Å². The third kappa shape index (κ3) is 2.51. The Morgan fingerprint density at radius 2 is 2.32 bits per heavy atom. The SMILES string of the molecule is CC1CCN(S(=O)(=O)c2cccnc2CN)C1CO. The average molecular weight is 285 g/mol. The van der Waals surface area contributed by atoms with Crippen LogP contribution in [-0.4, -0.2) is 42.0 Å². The van der Waals surface area contributed by atoms with Gasteiger partial charge >= 0.3 is 0 Å². The summed E-state index contributed by atoms with van der Waals surface area (Å²) in [5.74, 6) is 0.151. The molecule has 106 valence electrons. The van der Waals surface area contributed by atoms with E-state index in [-0.39, 0.29) is 30.0 Å². The Balaban J connectivity index is 2.43. The molecule has 0 bridgehead atoms. The predicted octanol–water partition coefficient (Wildman–Crippen LogP) is -0.0683. The molecule has 0 spiro atoms. The zero-order valence-electron chi connectivity index (χ0n) is 10.9. The molecule has 1 aliphatic rings. The first-order valence-corrected chi connectivity index (χ1v) is 7.73. The molecule has 0 saturated carbocycles. The van der Waals surface area contributed by atoms with Crippen molar-refractivity contribution in [3.05, 3.63) is 24.0 Å². The Kier molecular flexibility index (Phi) is 4.19. The lowest BCUT2D eigenvalue weighted by atomic mass is 10.0. The number of hydrogen-bond donors (Lipinski definition) is 2. The summed E-state index contributed by atoms with van der Waals surface area (Å²) < 4.78 is 26.7. The van der Waals surface area contributed by atoms with Crippen LogP contribution in [0, 0.1) is 5.92 Å². The molecule has 1 fully saturated rings. The first-order valence-electron chi connectivity index (χ1n) is 6.29. The summed E-state index contributed by atoms with van der Waals surface area (Å²) in [5, 5.41) is 9.40. The number of pyridine rings is 1. The Hall–Kier alpha value is -1.02. The summed E-state index contributed by atoms with van der Waals surface area (Å²) in [6.45, 7) is 2.28. The first kappa shape index (κ1) is 14.4. The topological polar surface area (TPSA) is 96.5 Å². The van der Waals surface area contributed by atoms with Crippen LogP contribution in [0.1, 0.15) is 19.0 Å². The molecular formula is C12H19N3O3S. The van der Waals surface area contributed by atoms with Gasteiger partial charge in [0.05, 0.1) is 18.3 Å². The molecule has 0 aliphatic carbocycles. The third-order valence-corrected chi connectivity index (χ3v) is 5.65. The van der Waals surface area contributed by atoms with Gasteiger partial charge in [-0.05, 0) is 24.5 Å². The second-order valence-corrected chi connectivity index (χ2v) is 6.64. The highest BCUT2D eigenvalue weighted by atomic mass is 32.2. The third-order valence-electron chi connectivity index (χ3n) is 3.65. The van der Waals surface area contributed by atoms with E-state index in [2.05, 4.69) is 4.98 Å². The van der Waals surface area contributed by atoms with Crippen molar-refractivity contribution in [2.24, 2.45) is 11.7 Å². The van der Waals surface area contributed by atoms with Crippen LogP contribution in [0.15, 0.2) is 23.2 Å². The number of nitrogens with two attached hydrogens (primary N) is 1. The number of nitrogens with zero attached hydrogens (tertiary/aromatic N) is 2. The van der Waals surface area contributed by atoms with Crippen molar-refractivity contribution >= 4 is 10.0 Å². The summed E-state index contributed by atoms with van der Waals surface area (Å²) in [6, 6.07) is 2.73. The van der Waals surface area contributed by atoms with E-state index in [1.165, 1.54) is 16.6 Å². The van der Waals surface area contributed by atoms with Crippen molar-refractivity contribution in [2.75, 3.05) is 13.2 Å². The van der Waals surface area contributed by atoms with Crippen LogP contribution in [0.4, 0.5) is 0 Å². The smallest absolute Gasteiger partial charge is 0.245 e. The van der Waals surface area contributed by atoms with E-state index in [4.69, 9.17) is 5.73 Å². The molecule has 2 rings (SSSR count). The fraction of sp³-hybridized carbons (Fsp3) is 0.583. The number of sulfonamides is 1. The number of hydrogen-bond acceptors (Lipinski definition) is 5. The van der Waals surface area contributed by atoms with E-state index in [0.717, 1.165) is 6.42 Å². The van der Waals surface area contributed by atoms with Crippen LogP contribution < -0.4 is 5.73 Å². The average Bonchev–Trinajstić information content (AvgIpc) is 2.80. The minimum absolute atomic E-state index is 0.0720. The van der Waals surface area contributed by atoms with Gasteiger partial charge in [0.2, 0.25) is 10.0 Å². The van der Waals surface area contributed by atoms with E-state index >= 15 is 0 Å². The molecule has 0 aromatic carbocycles. The number of aliphatic hydroxyl groups is 1. The monoisotopic (exact) mass is 285 g/mol. The first-order chi connectivity index (χ1) is 9.02. The van der Waals surface area contributed by atoms with Gasteiger partial charge in [-0.2, -0.15) is 4.31 Å². The lowest BCUT2D eigenvalue weighted by Gasteiger charge is -2.25. The summed E-state index contributed by atoms with van der Waals surface area (Å²) >= 11 is 0. The number of rotatable bonds is 4. The van der Waals surface area contributed by atoms with Crippen molar-refractivity contribution in [1.29, 1.82) is 0 Å². The molecule has 1 aromatic heterocycles. The predicted molar refractivity (Wildman–Crippen MR) is 70.7 cm³/mol. The molecule has 2 atom stereocenters. The zero-order valence-corrected chi connectivity index (χ0v) is 11.7. The van der Waals surface area contributed by atoms with Crippen LogP contribution in [0.2, 0.25) is 0 Å². The fourth-order valence-corrected chi connectivity index (χ4v) is 4.39. The van der Waals surface area contributed by atoms with Gasteiger partial charge in [0.25, 0.3) is 0 Å². The fourth-order valence-electron chi connectivity index (χ4n) is 2.48. The Labute approximate surface area is 113 Å². The van der Waals surface area contributed by atoms with Gasteiger partial charge in [-0.15, -0.1) is 0 Å². The molecule has 0 amide bonds.